The second kappa shape index (κ2) is 5.59. The summed E-state index contributed by atoms with van der Waals surface area (Å²) in [5.74, 6) is -1.56. The third kappa shape index (κ3) is 3.86. The van der Waals surface area contributed by atoms with E-state index in [2.05, 4.69) is 10.2 Å². The van der Waals surface area contributed by atoms with E-state index in [1.54, 1.807) is 0 Å². The molecule has 0 unspecified atom stereocenters. The van der Waals surface area contributed by atoms with Gasteiger partial charge in [0.05, 0.1) is 10.0 Å². The molecular weight excluding hydrogens is 333 g/mol. The molecule has 0 atom stereocenters. The summed E-state index contributed by atoms with van der Waals surface area (Å²) in [5, 5.41) is 15.8. The van der Waals surface area contributed by atoms with Gasteiger partial charge in [-0.1, -0.05) is 58.0 Å². The van der Waals surface area contributed by atoms with Gasteiger partial charge in [-0.2, -0.15) is 0 Å². The predicted octanol–water partition coefficient (Wildman–Crippen LogP) is 4.95. The molecule has 0 fully saturated rings. The van der Waals surface area contributed by atoms with E-state index in [-0.39, 0.29) is 15.7 Å². The number of aliphatic carboxylic acids is 1. The Balaban J connectivity index is 3.12. The molecule has 92 valence electrons. The zero-order valence-corrected chi connectivity index (χ0v) is 11.6. The maximum atomic E-state index is 10.6. The molecule has 0 radical (unpaired) electrons. The second-order valence-electron chi connectivity index (χ2n) is 2.76. The average molecular weight is 336 g/mol. The van der Waals surface area contributed by atoms with Crippen LogP contribution >= 0.6 is 58.0 Å². The Bertz CT molecular complexity index is 466. The third-order valence-corrected chi connectivity index (χ3v) is 2.78. The Morgan fingerprint density at radius 2 is 1.65 bits per heavy atom. The van der Waals surface area contributed by atoms with Crippen molar-refractivity contribution in [1.29, 1.82) is 0 Å². The molecule has 0 aromatic heterocycles. The minimum absolute atomic E-state index is 0.0321. The smallest absolute Gasteiger partial charge is 0.365 e. The molecule has 0 amide bonds. The molecule has 0 spiro atoms. The minimum atomic E-state index is -2.40. The van der Waals surface area contributed by atoms with Crippen LogP contribution in [0.15, 0.2) is 22.4 Å². The lowest BCUT2D eigenvalue weighted by Crippen LogP contribution is -2.21. The number of hydrogen-bond acceptors (Lipinski definition) is 3. The van der Waals surface area contributed by atoms with Gasteiger partial charge < -0.3 is 5.11 Å². The van der Waals surface area contributed by atoms with Crippen molar-refractivity contribution < 1.29 is 9.90 Å². The quantitative estimate of drug-likeness (QED) is 0.482. The Morgan fingerprint density at radius 1 is 1.18 bits per heavy atom. The Kier molecular flexibility index (Phi) is 4.86. The fraction of sp³-hybridized carbons (Fsp3) is 0.125. The molecule has 0 bridgehead atoms. The van der Waals surface area contributed by atoms with E-state index in [0.717, 1.165) is 0 Å². The first-order chi connectivity index (χ1) is 7.74. The van der Waals surface area contributed by atoms with E-state index in [1.165, 1.54) is 12.1 Å². The zero-order valence-electron chi connectivity index (χ0n) is 7.79. The molecule has 0 heterocycles. The monoisotopic (exact) mass is 334 g/mol. The van der Waals surface area contributed by atoms with Crippen LogP contribution in [0.3, 0.4) is 0 Å². The molecule has 0 aliphatic heterocycles. The van der Waals surface area contributed by atoms with Gasteiger partial charge in [0.1, 0.15) is 5.69 Å². The zero-order chi connectivity index (χ0) is 13.2. The van der Waals surface area contributed by atoms with Crippen molar-refractivity contribution in [2.45, 2.75) is 4.46 Å². The average Bonchev–Trinajstić information content (AvgIpc) is 2.15. The summed E-state index contributed by atoms with van der Waals surface area (Å²) in [4.78, 5) is 10.6. The lowest BCUT2D eigenvalue weighted by atomic mass is 10.3. The first-order valence-corrected chi connectivity index (χ1v) is 5.81. The maximum Gasteiger partial charge on any atom is 0.365 e. The summed E-state index contributed by atoms with van der Waals surface area (Å²) in [6, 6.07) is 2.74. The summed E-state index contributed by atoms with van der Waals surface area (Å²) in [6.07, 6.45) is 0. The summed E-state index contributed by atoms with van der Waals surface area (Å²) in [7, 11) is 0. The van der Waals surface area contributed by atoms with Gasteiger partial charge in [-0.15, -0.1) is 10.2 Å². The molecule has 1 aromatic carbocycles. The molecule has 9 heteroatoms. The van der Waals surface area contributed by atoms with Gasteiger partial charge in [0.25, 0.3) is 0 Å². The Labute approximate surface area is 121 Å². The van der Waals surface area contributed by atoms with Gasteiger partial charge in [-0.05, 0) is 12.1 Å². The van der Waals surface area contributed by atoms with E-state index >= 15 is 0 Å². The second-order valence-corrected chi connectivity index (χ2v) is 5.30. The summed E-state index contributed by atoms with van der Waals surface area (Å²) < 4.78 is -2.40. The Hall–Kier alpha value is -0.260. The highest BCUT2D eigenvalue weighted by Crippen LogP contribution is 2.37. The SMILES string of the molecule is O=C(O)C(Cl)(Cl)N=Nc1c(Cl)cc(Cl)cc1Cl. The molecule has 1 rings (SSSR count). The highest BCUT2D eigenvalue weighted by Gasteiger charge is 2.33. The van der Waals surface area contributed by atoms with Crippen molar-refractivity contribution in [1.82, 2.24) is 0 Å². The summed E-state index contributed by atoms with van der Waals surface area (Å²) >= 11 is 27.9. The van der Waals surface area contributed by atoms with Crippen LogP contribution in [-0.4, -0.2) is 15.5 Å². The maximum absolute atomic E-state index is 10.6. The van der Waals surface area contributed by atoms with E-state index in [1.807, 2.05) is 0 Å². The molecule has 1 N–H and O–H groups in total. The molecule has 1 aromatic rings. The van der Waals surface area contributed by atoms with Crippen molar-refractivity contribution in [3.63, 3.8) is 0 Å². The van der Waals surface area contributed by atoms with Crippen LogP contribution < -0.4 is 0 Å². The number of hydrogen-bond donors (Lipinski definition) is 1. The van der Waals surface area contributed by atoms with Crippen molar-refractivity contribution in [3.8, 4) is 0 Å². The van der Waals surface area contributed by atoms with E-state index in [4.69, 9.17) is 63.1 Å². The molecule has 0 aliphatic rings. The van der Waals surface area contributed by atoms with Crippen LogP contribution in [0.2, 0.25) is 15.1 Å². The van der Waals surface area contributed by atoms with Crippen molar-refractivity contribution in [2.24, 2.45) is 10.2 Å². The van der Waals surface area contributed by atoms with E-state index in [9.17, 15) is 4.79 Å². The van der Waals surface area contributed by atoms with Crippen molar-refractivity contribution in [2.75, 3.05) is 0 Å². The lowest BCUT2D eigenvalue weighted by Gasteiger charge is -2.06. The largest absolute Gasteiger partial charge is 0.478 e. The number of rotatable bonds is 3. The van der Waals surface area contributed by atoms with Crippen LogP contribution in [0, 0.1) is 0 Å². The highest BCUT2D eigenvalue weighted by atomic mass is 35.5. The first-order valence-electron chi connectivity index (χ1n) is 3.92. The number of carbonyl (C=O) groups is 1. The number of carboxylic acids is 1. The van der Waals surface area contributed by atoms with Gasteiger partial charge in [-0.3, -0.25) is 0 Å². The minimum Gasteiger partial charge on any atom is -0.478 e. The molecule has 0 saturated carbocycles. The first kappa shape index (κ1) is 14.8. The van der Waals surface area contributed by atoms with Gasteiger partial charge in [-0.25, -0.2) is 4.79 Å². The van der Waals surface area contributed by atoms with E-state index < -0.39 is 10.4 Å². The topological polar surface area (TPSA) is 62.0 Å². The van der Waals surface area contributed by atoms with Gasteiger partial charge in [0.2, 0.25) is 0 Å². The fourth-order valence-electron chi connectivity index (χ4n) is 0.786. The van der Waals surface area contributed by atoms with E-state index in [0.29, 0.717) is 5.02 Å². The number of halogens is 5. The number of carboxylic acid groups (broad SMARTS) is 1. The number of benzene rings is 1. The fourth-order valence-corrected chi connectivity index (χ4v) is 1.75. The van der Waals surface area contributed by atoms with Crippen LogP contribution in [0.25, 0.3) is 0 Å². The molecule has 17 heavy (non-hydrogen) atoms. The third-order valence-electron chi connectivity index (χ3n) is 1.51. The number of alkyl halides is 2. The van der Waals surface area contributed by atoms with Crippen LogP contribution in [0.4, 0.5) is 5.69 Å². The molecule has 4 nitrogen and oxygen atoms in total. The summed E-state index contributed by atoms with van der Waals surface area (Å²) in [5.41, 5.74) is 0.0321. The van der Waals surface area contributed by atoms with Gasteiger partial charge >= 0.3 is 10.4 Å². The van der Waals surface area contributed by atoms with Crippen LogP contribution in [0.5, 0.6) is 0 Å². The normalized spacial score (nSPS) is 12.1. The van der Waals surface area contributed by atoms with Gasteiger partial charge in [0, 0.05) is 5.02 Å². The summed E-state index contributed by atoms with van der Waals surface area (Å²) in [6.45, 7) is 0. The van der Waals surface area contributed by atoms with Crippen LogP contribution in [0.1, 0.15) is 0 Å². The molecular formula is C8H3Cl5N2O2. The molecule has 0 aliphatic carbocycles. The number of nitrogens with zero attached hydrogens (tertiary/aromatic N) is 2. The lowest BCUT2D eigenvalue weighted by molar-refractivity contribution is -0.137. The number of azo groups is 1. The van der Waals surface area contributed by atoms with Crippen molar-refractivity contribution >= 4 is 69.7 Å². The molecule has 0 saturated heterocycles. The van der Waals surface area contributed by atoms with Crippen LogP contribution in [-0.2, 0) is 4.79 Å². The van der Waals surface area contributed by atoms with Gasteiger partial charge in [0.15, 0.2) is 0 Å². The predicted molar refractivity (Wildman–Crippen MR) is 68.1 cm³/mol. The highest BCUT2D eigenvalue weighted by molar-refractivity contribution is 6.57. The van der Waals surface area contributed by atoms with Crippen molar-refractivity contribution in [3.05, 3.63) is 27.2 Å². The standard InChI is InChI=1S/C8H3Cl5N2O2/c9-3-1-4(10)6(5(11)2-3)14-15-8(12,13)7(16)17/h1-2H,(H,16,17). The Morgan fingerprint density at radius 3 is 2.06 bits per heavy atom.